The highest BCUT2D eigenvalue weighted by atomic mass is 16.5. The number of carbonyl (C=O) groups is 1. The molecule has 0 aliphatic carbocycles. The van der Waals surface area contributed by atoms with Gasteiger partial charge in [0.25, 0.3) is 0 Å². The first-order chi connectivity index (χ1) is 9.74. The summed E-state index contributed by atoms with van der Waals surface area (Å²) in [5, 5.41) is 0.853. The first kappa shape index (κ1) is 12.9. The number of nitrogens with two attached hydrogens (primary N) is 1. The minimum Gasteiger partial charge on any atom is -0.488 e. The summed E-state index contributed by atoms with van der Waals surface area (Å²) >= 11 is 0. The monoisotopic (exact) mass is 272 g/mol. The third kappa shape index (κ3) is 2.58. The Morgan fingerprint density at radius 3 is 2.90 bits per heavy atom. The maximum Gasteiger partial charge on any atom is 0.250 e. The quantitative estimate of drug-likeness (QED) is 0.926. The fourth-order valence-electron chi connectivity index (χ4n) is 2.34. The lowest BCUT2D eigenvalue weighted by Gasteiger charge is -2.23. The molecule has 2 aromatic rings. The number of pyridine rings is 1. The van der Waals surface area contributed by atoms with E-state index in [0.717, 1.165) is 42.7 Å². The summed E-state index contributed by atoms with van der Waals surface area (Å²) in [6.45, 7) is 1.46. The number of carbonyl (C=O) groups excluding carboxylic acids is 1. The Labute approximate surface area is 116 Å². The number of aromatic nitrogens is 1. The zero-order valence-corrected chi connectivity index (χ0v) is 11.0. The van der Waals surface area contributed by atoms with Crippen molar-refractivity contribution in [2.24, 2.45) is 5.73 Å². The molecule has 0 spiro atoms. The third-order valence-corrected chi connectivity index (χ3v) is 3.42. The number of benzene rings is 1. The van der Waals surface area contributed by atoms with E-state index in [-0.39, 0.29) is 6.10 Å². The summed E-state index contributed by atoms with van der Waals surface area (Å²) in [4.78, 5) is 15.5. The molecule has 1 saturated heterocycles. The van der Waals surface area contributed by atoms with Gasteiger partial charge in [0.1, 0.15) is 17.4 Å². The van der Waals surface area contributed by atoms with Gasteiger partial charge in [-0.05, 0) is 12.1 Å². The second-order valence-corrected chi connectivity index (χ2v) is 4.85. The van der Waals surface area contributed by atoms with Crippen molar-refractivity contribution in [3.8, 4) is 5.75 Å². The Morgan fingerprint density at radius 2 is 2.15 bits per heavy atom. The molecule has 0 saturated carbocycles. The van der Waals surface area contributed by atoms with Gasteiger partial charge < -0.3 is 15.2 Å². The second kappa shape index (κ2) is 5.46. The van der Waals surface area contributed by atoms with Crippen LogP contribution >= 0.6 is 0 Å². The van der Waals surface area contributed by atoms with Crippen LogP contribution in [0.5, 0.6) is 5.75 Å². The van der Waals surface area contributed by atoms with Crippen molar-refractivity contribution in [3.63, 3.8) is 0 Å². The molecule has 20 heavy (non-hydrogen) atoms. The van der Waals surface area contributed by atoms with Gasteiger partial charge in [-0.15, -0.1) is 0 Å². The summed E-state index contributed by atoms with van der Waals surface area (Å²) in [5.74, 6) is 0.264. The first-order valence-electron chi connectivity index (χ1n) is 6.67. The molecule has 0 bridgehead atoms. The van der Waals surface area contributed by atoms with Crippen molar-refractivity contribution < 1.29 is 14.3 Å². The average molecular weight is 272 g/mol. The van der Waals surface area contributed by atoms with E-state index >= 15 is 0 Å². The number of para-hydroxylation sites is 1. The van der Waals surface area contributed by atoms with Crippen LogP contribution in [0.3, 0.4) is 0 Å². The van der Waals surface area contributed by atoms with Crippen LogP contribution in [0, 0.1) is 0 Å². The van der Waals surface area contributed by atoms with Gasteiger partial charge in [0, 0.05) is 24.4 Å². The molecular weight excluding hydrogens is 256 g/mol. The van der Waals surface area contributed by atoms with E-state index in [1.807, 2.05) is 18.2 Å². The zero-order chi connectivity index (χ0) is 13.9. The number of ether oxygens (including phenoxy) is 2. The molecule has 0 atom stereocenters. The van der Waals surface area contributed by atoms with Gasteiger partial charge in [-0.3, -0.25) is 9.78 Å². The summed E-state index contributed by atoms with van der Waals surface area (Å²) in [6.07, 6.45) is 3.42. The van der Waals surface area contributed by atoms with Crippen molar-refractivity contribution in [2.45, 2.75) is 18.9 Å². The van der Waals surface area contributed by atoms with Gasteiger partial charge in [0.05, 0.1) is 18.8 Å². The van der Waals surface area contributed by atoms with Gasteiger partial charge in [-0.25, -0.2) is 0 Å². The lowest BCUT2D eigenvalue weighted by Crippen LogP contribution is -2.26. The number of primary amides is 1. The highest BCUT2D eigenvalue weighted by Crippen LogP contribution is 2.26. The van der Waals surface area contributed by atoms with Gasteiger partial charge in [0.15, 0.2) is 0 Å². The van der Waals surface area contributed by atoms with Crippen LogP contribution in [0.1, 0.15) is 23.2 Å². The fraction of sp³-hybridized carbons (Fsp3) is 0.333. The van der Waals surface area contributed by atoms with Crippen molar-refractivity contribution in [1.82, 2.24) is 4.98 Å². The fourth-order valence-corrected chi connectivity index (χ4v) is 2.34. The Kier molecular flexibility index (Phi) is 3.52. The minimum absolute atomic E-state index is 0.159. The number of amides is 1. The van der Waals surface area contributed by atoms with E-state index in [9.17, 15) is 4.79 Å². The van der Waals surface area contributed by atoms with Crippen LogP contribution in [0.4, 0.5) is 0 Å². The normalized spacial score (nSPS) is 16.2. The van der Waals surface area contributed by atoms with Crippen molar-refractivity contribution in [3.05, 3.63) is 36.0 Å². The SMILES string of the molecule is NC(=O)c1cnc2c(OC3CCOCC3)cccc2c1. The van der Waals surface area contributed by atoms with Crippen LogP contribution < -0.4 is 10.5 Å². The molecule has 3 rings (SSSR count). The summed E-state index contributed by atoms with van der Waals surface area (Å²) in [6, 6.07) is 7.42. The summed E-state index contributed by atoms with van der Waals surface area (Å²) in [5.41, 5.74) is 6.43. The third-order valence-electron chi connectivity index (χ3n) is 3.42. The van der Waals surface area contributed by atoms with E-state index in [4.69, 9.17) is 15.2 Å². The number of fused-ring (bicyclic) bond motifs is 1. The molecule has 0 radical (unpaired) electrons. The Balaban J connectivity index is 1.92. The summed E-state index contributed by atoms with van der Waals surface area (Å²) < 4.78 is 11.3. The van der Waals surface area contributed by atoms with Gasteiger partial charge in [-0.2, -0.15) is 0 Å². The molecule has 1 amide bonds. The van der Waals surface area contributed by atoms with Crippen LogP contribution in [-0.4, -0.2) is 30.2 Å². The molecule has 1 aromatic carbocycles. The number of nitrogens with zero attached hydrogens (tertiary/aromatic N) is 1. The van der Waals surface area contributed by atoms with E-state index in [0.29, 0.717) is 5.56 Å². The molecule has 5 heteroatoms. The summed E-state index contributed by atoms with van der Waals surface area (Å²) in [7, 11) is 0. The predicted molar refractivity (Wildman–Crippen MR) is 74.7 cm³/mol. The molecule has 1 fully saturated rings. The van der Waals surface area contributed by atoms with Crippen LogP contribution in [0.2, 0.25) is 0 Å². The Bertz CT molecular complexity index is 636. The van der Waals surface area contributed by atoms with E-state index in [1.54, 1.807) is 6.07 Å². The topological polar surface area (TPSA) is 74.4 Å². The molecule has 1 aliphatic rings. The van der Waals surface area contributed by atoms with Gasteiger partial charge in [0.2, 0.25) is 5.91 Å². The van der Waals surface area contributed by atoms with Gasteiger partial charge in [-0.1, -0.05) is 12.1 Å². The average Bonchev–Trinajstić information content (AvgIpc) is 2.48. The molecular formula is C15H16N2O3. The van der Waals surface area contributed by atoms with Crippen molar-refractivity contribution >= 4 is 16.8 Å². The molecule has 0 unspecified atom stereocenters. The number of hydrogen-bond donors (Lipinski definition) is 1. The van der Waals surface area contributed by atoms with Crippen LogP contribution in [-0.2, 0) is 4.74 Å². The maximum atomic E-state index is 11.2. The van der Waals surface area contributed by atoms with Crippen molar-refractivity contribution in [2.75, 3.05) is 13.2 Å². The Morgan fingerprint density at radius 1 is 1.35 bits per heavy atom. The lowest BCUT2D eigenvalue weighted by molar-refractivity contribution is 0.0261. The molecule has 1 aliphatic heterocycles. The molecule has 2 heterocycles. The molecule has 5 nitrogen and oxygen atoms in total. The van der Waals surface area contributed by atoms with E-state index < -0.39 is 5.91 Å². The lowest BCUT2D eigenvalue weighted by atomic mass is 10.1. The number of rotatable bonds is 3. The zero-order valence-electron chi connectivity index (χ0n) is 11.0. The van der Waals surface area contributed by atoms with Crippen LogP contribution in [0.25, 0.3) is 10.9 Å². The largest absolute Gasteiger partial charge is 0.488 e. The minimum atomic E-state index is -0.477. The second-order valence-electron chi connectivity index (χ2n) is 4.85. The molecule has 2 N–H and O–H groups in total. The number of hydrogen-bond acceptors (Lipinski definition) is 4. The molecule has 1 aromatic heterocycles. The highest BCUT2D eigenvalue weighted by molar-refractivity contribution is 5.97. The van der Waals surface area contributed by atoms with Crippen LogP contribution in [0.15, 0.2) is 30.5 Å². The molecule has 104 valence electrons. The standard InChI is InChI=1S/C15H16N2O3/c16-15(18)11-8-10-2-1-3-13(14(10)17-9-11)20-12-4-6-19-7-5-12/h1-3,8-9,12H,4-7H2,(H2,16,18). The highest BCUT2D eigenvalue weighted by Gasteiger charge is 2.17. The maximum absolute atomic E-state index is 11.2. The predicted octanol–water partition coefficient (Wildman–Crippen LogP) is 1.89. The first-order valence-corrected chi connectivity index (χ1v) is 6.67. The van der Waals surface area contributed by atoms with E-state index in [1.165, 1.54) is 6.20 Å². The van der Waals surface area contributed by atoms with Crippen molar-refractivity contribution in [1.29, 1.82) is 0 Å². The van der Waals surface area contributed by atoms with E-state index in [2.05, 4.69) is 4.98 Å². The Hall–Kier alpha value is -2.14. The van der Waals surface area contributed by atoms with Gasteiger partial charge >= 0.3 is 0 Å². The smallest absolute Gasteiger partial charge is 0.250 e.